The summed E-state index contributed by atoms with van der Waals surface area (Å²) in [6.07, 6.45) is 0.340. The Balaban J connectivity index is 2.07. The van der Waals surface area contributed by atoms with Crippen molar-refractivity contribution in [3.63, 3.8) is 0 Å². The third-order valence-corrected chi connectivity index (χ3v) is 4.02. The Labute approximate surface area is 170 Å². The van der Waals surface area contributed by atoms with Crippen molar-refractivity contribution in [1.29, 1.82) is 0 Å². The van der Waals surface area contributed by atoms with Gasteiger partial charge < -0.3 is 15.4 Å². The standard InChI is InChI=1S/C21H25N3O3S/c1-5-19(25)23-17-12-15(11-10-14(17)4)22-21(28)24-20(26)16-8-6-7-9-18(16)27-13(2)3/h6-13H,5H2,1-4H3,(H,23,25)(H2,22,24,26,28). The second kappa shape index (κ2) is 9.85. The number of rotatable bonds is 6. The lowest BCUT2D eigenvalue weighted by Crippen LogP contribution is -2.34. The molecule has 7 heteroatoms. The van der Waals surface area contributed by atoms with Gasteiger partial charge in [-0.3, -0.25) is 14.9 Å². The number of carbonyl (C=O) groups is 2. The van der Waals surface area contributed by atoms with Crippen LogP contribution >= 0.6 is 12.2 Å². The van der Waals surface area contributed by atoms with Gasteiger partial charge in [0.25, 0.3) is 5.91 Å². The molecule has 0 spiro atoms. The maximum atomic E-state index is 12.6. The number of carbonyl (C=O) groups excluding carboxylic acids is 2. The zero-order valence-electron chi connectivity index (χ0n) is 16.5. The third kappa shape index (κ3) is 6.06. The van der Waals surface area contributed by atoms with Crippen molar-refractivity contribution in [2.75, 3.05) is 10.6 Å². The van der Waals surface area contributed by atoms with Gasteiger partial charge in [0.1, 0.15) is 5.75 Å². The van der Waals surface area contributed by atoms with Crippen LogP contribution in [0, 0.1) is 6.92 Å². The predicted octanol–water partition coefficient (Wildman–Crippen LogP) is 4.26. The number of aryl methyl sites for hydroxylation is 1. The van der Waals surface area contributed by atoms with Crippen molar-refractivity contribution in [1.82, 2.24) is 5.32 Å². The molecule has 0 saturated carbocycles. The van der Waals surface area contributed by atoms with Crippen LogP contribution < -0.4 is 20.7 Å². The number of hydrogen-bond donors (Lipinski definition) is 3. The molecular formula is C21H25N3O3S. The van der Waals surface area contributed by atoms with Gasteiger partial charge in [-0.2, -0.15) is 0 Å². The molecule has 28 heavy (non-hydrogen) atoms. The van der Waals surface area contributed by atoms with Crippen LogP contribution in [0.4, 0.5) is 11.4 Å². The van der Waals surface area contributed by atoms with Crippen molar-refractivity contribution in [3.05, 3.63) is 53.6 Å². The molecule has 0 aliphatic carbocycles. The number of para-hydroxylation sites is 1. The van der Waals surface area contributed by atoms with Gasteiger partial charge in [0.15, 0.2) is 5.11 Å². The van der Waals surface area contributed by atoms with E-state index in [9.17, 15) is 9.59 Å². The fourth-order valence-corrected chi connectivity index (χ4v) is 2.63. The van der Waals surface area contributed by atoms with Gasteiger partial charge in [-0.1, -0.05) is 25.1 Å². The highest BCUT2D eigenvalue weighted by molar-refractivity contribution is 7.80. The van der Waals surface area contributed by atoms with E-state index in [1.807, 2.05) is 39.0 Å². The number of nitrogens with one attached hydrogen (secondary N) is 3. The number of ether oxygens (including phenoxy) is 1. The van der Waals surface area contributed by atoms with Crippen LogP contribution in [0.5, 0.6) is 5.75 Å². The molecule has 0 fully saturated rings. The lowest BCUT2D eigenvalue weighted by atomic mass is 10.1. The summed E-state index contributed by atoms with van der Waals surface area (Å²) < 4.78 is 5.68. The zero-order valence-corrected chi connectivity index (χ0v) is 17.3. The smallest absolute Gasteiger partial charge is 0.261 e. The lowest BCUT2D eigenvalue weighted by molar-refractivity contribution is -0.115. The first-order chi connectivity index (χ1) is 13.3. The molecule has 0 unspecified atom stereocenters. The summed E-state index contributed by atoms with van der Waals surface area (Å²) in [5.41, 5.74) is 2.69. The molecule has 0 aliphatic heterocycles. The Morgan fingerprint density at radius 2 is 1.82 bits per heavy atom. The topological polar surface area (TPSA) is 79.5 Å². The van der Waals surface area contributed by atoms with E-state index in [0.29, 0.717) is 29.1 Å². The van der Waals surface area contributed by atoms with E-state index >= 15 is 0 Å². The van der Waals surface area contributed by atoms with E-state index < -0.39 is 0 Å². The molecule has 0 saturated heterocycles. The van der Waals surface area contributed by atoms with Gasteiger partial charge in [-0.05, 0) is 62.8 Å². The van der Waals surface area contributed by atoms with Crippen LogP contribution in [0.1, 0.15) is 43.1 Å². The molecule has 0 heterocycles. The molecule has 2 aromatic rings. The van der Waals surface area contributed by atoms with Crippen molar-refractivity contribution < 1.29 is 14.3 Å². The van der Waals surface area contributed by atoms with Gasteiger partial charge in [-0.25, -0.2) is 0 Å². The van der Waals surface area contributed by atoms with Crippen molar-refractivity contribution in [2.45, 2.75) is 40.2 Å². The molecule has 0 aromatic heterocycles. The summed E-state index contributed by atoms with van der Waals surface area (Å²) in [6, 6.07) is 12.5. The number of thiocarbonyl (C=S) groups is 1. The summed E-state index contributed by atoms with van der Waals surface area (Å²) in [5, 5.41) is 8.62. The minimum absolute atomic E-state index is 0.0525. The van der Waals surface area contributed by atoms with Gasteiger partial charge in [0.05, 0.1) is 11.7 Å². The Hall–Kier alpha value is -2.93. The first kappa shape index (κ1) is 21.4. The fourth-order valence-electron chi connectivity index (χ4n) is 2.42. The molecule has 0 radical (unpaired) electrons. The average Bonchev–Trinajstić information content (AvgIpc) is 2.64. The Morgan fingerprint density at radius 1 is 1.11 bits per heavy atom. The van der Waals surface area contributed by atoms with E-state index in [2.05, 4.69) is 16.0 Å². The first-order valence-electron chi connectivity index (χ1n) is 9.08. The van der Waals surface area contributed by atoms with Crippen molar-refractivity contribution in [2.24, 2.45) is 0 Å². The molecule has 2 aromatic carbocycles. The van der Waals surface area contributed by atoms with Crippen LogP contribution in [-0.2, 0) is 4.79 Å². The Morgan fingerprint density at radius 3 is 2.50 bits per heavy atom. The summed E-state index contributed by atoms with van der Waals surface area (Å²) in [5.74, 6) is 0.0657. The molecule has 6 nitrogen and oxygen atoms in total. The highest BCUT2D eigenvalue weighted by Gasteiger charge is 2.14. The summed E-state index contributed by atoms with van der Waals surface area (Å²) >= 11 is 5.26. The van der Waals surface area contributed by atoms with Crippen LogP contribution in [0.2, 0.25) is 0 Å². The van der Waals surface area contributed by atoms with Crippen molar-refractivity contribution >= 4 is 40.5 Å². The highest BCUT2D eigenvalue weighted by atomic mass is 32.1. The summed E-state index contributed by atoms with van der Waals surface area (Å²) in [6.45, 7) is 7.49. The molecule has 0 bridgehead atoms. The number of hydrogen-bond acceptors (Lipinski definition) is 4. The van der Waals surface area contributed by atoms with E-state index in [1.54, 1.807) is 31.2 Å². The molecular weight excluding hydrogens is 374 g/mol. The SMILES string of the molecule is CCC(=O)Nc1cc(NC(=S)NC(=O)c2ccccc2OC(C)C)ccc1C. The molecule has 3 N–H and O–H groups in total. The van der Waals surface area contributed by atoms with Crippen LogP contribution in [-0.4, -0.2) is 23.0 Å². The second-order valence-electron chi connectivity index (χ2n) is 6.50. The molecule has 2 rings (SSSR count). The highest BCUT2D eigenvalue weighted by Crippen LogP contribution is 2.21. The Kier molecular flexibility index (Phi) is 7.52. The summed E-state index contributed by atoms with van der Waals surface area (Å²) in [4.78, 5) is 24.2. The van der Waals surface area contributed by atoms with Crippen LogP contribution in [0.15, 0.2) is 42.5 Å². The maximum Gasteiger partial charge on any atom is 0.261 e. The predicted molar refractivity (Wildman–Crippen MR) is 116 cm³/mol. The van der Waals surface area contributed by atoms with Crippen molar-refractivity contribution in [3.8, 4) is 5.75 Å². The van der Waals surface area contributed by atoms with E-state index in [4.69, 9.17) is 17.0 Å². The number of benzene rings is 2. The van der Waals surface area contributed by atoms with E-state index in [1.165, 1.54) is 0 Å². The molecule has 0 aliphatic rings. The Bertz CT molecular complexity index is 881. The van der Waals surface area contributed by atoms with Gasteiger partial charge in [0, 0.05) is 17.8 Å². The largest absolute Gasteiger partial charge is 0.490 e. The zero-order chi connectivity index (χ0) is 20.7. The quantitative estimate of drug-likeness (QED) is 0.633. The molecule has 148 valence electrons. The van der Waals surface area contributed by atoms with Gasteiger partial charge >= 0.3 is 0 Å². The van der Waals surface area contributed by atoms with E-state index in [0.717, 1.165) is 5.56 Å². The monoisotopic (exact) mass is 399 g/mol. The van der Waals surface area contributed by atoms with E-state index in [-0.39, 0.29) is 23.0 Å². The van der Waals surface area contributed by atoms with Gasteiger partial charge in [-0.15, -0.1) is 0 Å². The first-order valence-corrected chi connectivity index (χ1v) is 9.49. The second-order valence-corrected chi connectivity index (χ2v) is 6.91. The van der Waals surface area contributed by atoms with Crippen LogP contribution in [0.3, 0.4) is 0 Å². The maximum absolute atomic E-state index is 12.6. The molecule has 0 atom stereocenters. The summed E-state index contributed by atoms with van der Waals surface area (Å²) in [7, 11) is 0. The number of anilines is 2. The average molecular weight is 400 g/mol. The minimum Gasteiger partial charge on any atom is -0.490 e. The third-order valence-electron chi connectivity index (χ3n) is 3.81. The van der Waals surface area contributed by atoms with Crippen LogP contribution in [0.25, 0.3) is 0 Å². The van der Waals surface area contributed by atoms with Gasteiger partial charge in [0.2, 0.25) is 5.91 Å². The lowest BCUT2D eigenvalue weighted by Gasteiger charge is -2.15. The number of amides is 2. The fraction of sp³-hybridized carbons (Fsp3) is 0.286. The molecule has 2 amide bonds. The minimum atomic E-state index is -0.361. The normalized spacial score (nSPS) is 10.3.